The van der Waals surface area contributed by atoms with Crippen molar-refractivity contribution in [3.63, 3.8) is 0 Å². The van der Waals surface area contributed by atoms with Crippen LogP contribution in [-0.4, -0.2) is 42.1 Å². The topological polar surface area (TPSA) is 85.9 Å². The molecule has 0 aromatic carbocycles. The summed E-state index contributed by atoms with van der Waals surface area (Å²) >= 11 is 1.74. The van der Waals surface area contributed by atoms with Gasteiger partial charge in [-0.25, -0.2) is 9.36 Å². The zero-order chi connectivity index (χ0) is 17.6. The first-order valence-electron chi connectivity index (χ1n) is 8.21. The Morgan fingerprint density at radius 3 is 3.08 bits per heavy atom. The molecule has 1 amide bonds. The van der Waals surface area contributed by atoms with Gasteiger partial charge in [0.15, 0.2) is 5.65 Å². The van der Waals surface area contributed by atoms with Crippen LogP contribution in [0.5, 0.6) is 0 Å². The molecule has 130 valence electrons. The summed E-state index contributed by atoms with van der Waals surface area (Å²) in [6, 6.07) is 2.16. The van der Waals surface area contributed by atoms with Crippen LogP contribution >= 0.6 is 11.3 Å². The van der Waals surface area contributed by atoms with E-state index in [4.69, 9.17) is 0 Å². The maximum Gasteiger partial charge on any atom is 0.281 e. The van der Waals surface area contributed by atoms with Crippen molar-refractivity contribution in [2.45, 2.75) is 32.4 Å². The second-order valence-corrected chi connectivity index (χ2v) is 7.12. The summed E-state index contributed by atoms with van der Waals surface area (Å²) in [5.74, 6) is -0.108. The molecule has 1 atom stereocenters. The first kappa shape index (κ1) is 15.9. The van der Waals surface area contributed by atoms with Crippen molar-refractivity contribution in [1.82, 2.24) is 29.7 Å². The first-order valence-corrected chi connectivity index (χ1v) is 9.09. The van der Waals surface area contributed by atoms with Crippen molar-refractivity contribution in [3.8, 4) is 0 Å². The van der Waals surface area contributed by atoms with E-state index in [0.717, 1.165) is 17.5 Å². The Hall–Kier alpha value is -2.55. The maximum atomic E-state index is 12.8. The number of thiophene rings is 1. The van der Waals surface area contributed by atoms with E-state index in [-0.39, 0.29) is 24.1 Å². The summed E-state index contributed by atoms with van der Waals surface area (Å²) in [7, 11) is 1.70. The van der Waals surface area contributed by atoms with Crippen molar-refractivity contribution in [1.29, 1.82) is 0 Å². The zero-order valence-electron chi connectivity index (χ0n) is 14.0. The fourth-order valence-corrected chi connectivity index (χ4v) is 4.36. The van der Waals surface area contributed by atoms with E-state index in [0.29, 0.717) is 17.6 Å². The number of amides is 1. The summed E-state index contributed by atoms with van der Waals surface area (Å²) in [5, 5.41) is 14.4. The van der Waals surface area contributed by atoms with Gasteiger partial charge < -0.3 is 4.90 Å². The lowest BCUT2D eigenvalue weighted by Gasteiger charge is -2.35. The predicted octanol–water partition coefficient (Wildman–Crippen LogP) is 1.12. The largest absolute Gasteiger partial charge is 0.334 e. The van der Waals surface area contributed by atoms with E-state index < -0.39 is 0 Å². The third-order valence-corrected chi connectivity index (χ3v) is 5.70. The molecule has 0 bridgehead atoms. The van der Waals surface area contributed by atoms with Crippen LogP contribution in [0.3, 0.4) is 0 Å². The molecular formula is C16H18N6O2S. The van der Waals surface area contributed by atoms with Crippen LogP contribution in [0.2, 0.25) is 0 Å². The van der Waals surface area contributed by atoms with E-state index in [1.165, 1.54) is 21.3 Å². The molecule has 0 aliphatic carbocycles. The molecule has 0 N–H and O–H groups in total. The fourth-order valence-electron chi connectivity index (χ4n) is 3.43. The van der Waals surface area contributed by atoms with Crippen LogP contribution in [0.15, 0.2) is 22.4 Å². The van der Waals surface area contributed by atoms with Gasteiger partial charge in [0, 0.05) is 18.5 Å². The molecular weight excluding hydrogens is 340 g/mol. The van der Waals surface area contributed by atoms with Gasteiger partial charge in [-0.05, 0) is 29.9 Å². The Labute approximate surface area is 147 Å². The van der Waals surface area contributed by atoms with Gasteiger partial charge in [-0.15, -0.1) is 16.4 Å². The molecule has 4 rings (SSSR count). The number of fused-ring (bicyclic) bond motifs is 2. The van der Waals surface area contributed by atoms with E-state index in [2.05, 4.69) is 33.8 Å². The molecule has 1 aliphatic heterocycles. The number of rotatable bonds is 3. The van der Waals surface area contributed by atoms with Gasteiger partial charge in [0.1, 0.15) is 11.9 Å². The van der Waals surface area contributed by atoms with Crippen LogP contribution in [0.25, 0.3) is 11.0 Å². The van der Waals surface area contributed by atoms with E-state index in [9.17, 15) is 9.59 Å². The van der Waals surface area contributed by atoms with Crippen molar-refractivity contribution >= 4 is 28.3 Å². The molecule has 3 aromatic heterocycles. The standard InChI is InChI=1S/C16H18N6O2S/c1-3-12-10-5-7-25-13(10)4-6-21(12)14(23)9-22-16(24)11-8-17-20(2)15(11)18-19-22/h5,7-8,12H,3-4,6,9H2,1-2H3. The average Bonchev–Trinajstić information content (AvgIpc) is 3.23. The number of carbonyl (C=O) groups is 1. The highest BCUT2D eigenvalue weighted by Crippen LogP contribution is 2.35. The SMILES string of the molecule is CCC1c2ccsc2CCN1C(=O)Cn1nnc2c(cnn2C)c1=O. The normalized spacial score (nSPS) is 17.0. The van der Waals surface area contributed by atoms with Gasteiger partial charge in [0.05, 0.1) is 12.2 Å². The van der Waals surface area contributed by atoms with Gasteiger partial charge in [0.25, 0.3) is 5.56 Å². The van der Waals surface area contributed by atoms with Gasteiger partial charge >= 0.3 is 0 Å². The second-order valence-electron chi connectivity index (χ2n) is 6.12. The molecule has 3 aromatic rings. The first-order chi connectivity index (χ1) is 12.1. The Kier molecular flexibility index (Phi) is 3.87. The van der Waals surface area contributed by atoms with Crippen LogP contribution in [0.1, 0.15) is 29.8 Å². The fraction of sp³-hybridized carbons (Fsp3) is 0.438. The third-order valence-electron chi connectivity index (χ3n) is 4.71. The summed E-state index contributed by atoms with van der Waals surface area (Å²) in [6.07, 6.45) is 3.16. The van der Waals surface area contributed by atoms with Crippen molar-refractivity contribution in [2.75, 3.05) is 6.54 Å². The second kappa shape index (κ2) is 6.07. The number of hydrogen-bond acceptors (Lipinski definition) is 6. The van der Waals surface area contributed by atoms with Crippen molar-refractivity contribution in [3.05, 3.63) is 38.4 Å². The molecule has 0 spiro atoms. The molecule has 1 unspecified atom stereocenters. The molecule has 0 saturated carbocycles. The molecule has 8 nitrogen and oxygen atoms in total. The van der Waals surface area contributed by atoms with E-state index in [1.807, 2.05) is 4.90 Å². The highest BCUT2D eigenvalue weighted by Gasteiger charge is 2.30. The van der Waals surface area contributed by atoms with Gasteiger partial charge in [-0.2, -0.15) is 5.10 Å². The summed E-state index contributed by atoms with van der Waals surface area (Å²) < 4.78 is 2.62. The highest BCUT2D eigenvalue weighted by atomic mass is 32.1. The number of nitrogens with zero attached hydrogens (tertiary/aromatic N) is 6. The summed E-state index contributed by atoms with van der Waals surface area (Å²) in [4.78, 5) is 28.6. The minimum absolute atomic E-state index is 0.0632. The predicted molar refractivity (Wildman–Crippen MR) is 93.3 cm³/mol. The Morgan fingerprint density at radius 2 is 2.28 bits per heavy atom. The minimum Gasteiger partial charge on any atom is -0.334 e. The lowest BCUT2D eigenvalue weighted by molar-refractivity contribution is -0.135. The van der Waals surface area contributed by atoms with Crippen molar-refractivity contribution < 1.29 is 4.79 Å². The molecule has 0 fully saturated rings. The molecule has 0 radical (unpaired) electrons. The minimum atomic E-state index is -0.340. The highest BCUT2D eigenvalue weighted by molar-refractivity contribution is 7.10. The number of carbonyl (C=O) groups excluding carboxylic acids is 1. The quantitative estimate of drug-likeness (QED) is 0.700. The molecule has 0 saturated heterocycles. The molecule has 25 heavy (non-hydrogen) atoms. The van der Waals surface area contributed by atoms with Crippen LogP contribution < -0.4 is 5.56 Å². The average molecular weight is 358 g/mol. The van der Waals surface area contributed by atoms with Crippen molar-refractivity contribution in [2.24, 2.45) is 7.05 Å². The maximum absolute atomic E-state index is 12.8. The molecule has 9 heteroatoms. The number of hydrogen-bond donors (Lipinski definition) is 0. The molecule has 4 heterocycles. The Balaban J connectivity index is 1.62. The number of aromatic nitrogens is 5. The van der Waals surface area contributed by atoms with E-state index in [1.54, 1.807) is 18.4 Å². The van der Waals surface area contributed by atoms with Gasteiger partial charge in [-0.3, -0.25) is 9.59 Å². The van der Waals surface area contributed by atoms with Crippen LogP contribution in [-0.2, 0) is 24.8 Å². The lowest BCUT2D eigenvalue weighted by atomic mass is 9.98. The Morgan fingerprint density at radius 1 is 1.44 bits per heavy atom. The number of aryl methyl sites for hydroxylation is 1. The zero-order valence-corrected chi connectivity index (χ0v) is 14.9. The Bertz CT molecular complexity index is 1000. The van der Waals surface area contributed by atoms with Crippen LogP contribution in [0.4, 0.5) is 0 Å². The van der Waals surface area contributed by atoms with Gasteiger partial charge in [0.2, 0.25) is 5.91 Å². The summed E-state index contributed by atoms with van der Waals surface area (Å²) in [6.45, 7) is 2.64. The smallest absolute Gasteiger partial charge is 0.281 e. The third kappa shape index (κ3) is 2.55. The van der Waals surface area contributed by atoms with E-state index >= 15 is 0 Å². The summed E-state index contributed by atoms with van der Waals surface area (Å²) in [5.41, 5.74) is 1.31. The monoisotopic (exact) mass is 358 g/mol. The van der Waals surface area contributed by atoms with Crippen LogP contribution in [0, 0.1) is 0 Å². The van der Waals surface area contributed by atoms with Gasteiger partial charge in [-0.1, -0.05) is 12.1 Å². The molecule has 1 aliphatic rings. The lowest BCUT2D eigenvalue weighted by Crippen LogP contribution is -2.42.